The molecule has 4 N–H and O–H groups in total. The van der Waals surface area contributed by atoms with Gasteiger partial charge in [0.1, 0.15) is 11.9 Å². The molecule has 10 nitrogen and oxygen atoms in total. The van der Waals surface area contributed by atoms with Crippen LogP contribution in [0.4, 0.5) is 4.39 Å². The number of likely N-dealkylation sites (tertiary alicyclic amines) is 1. The van der Waals surface area contributed by atoms with Crippen LogP contribution in [0.15, 0.2) is 54.6 Å². The van der Waals surface area contributed by atoms with E-state index >= 15 is 0 Å². The van der Waals surface area contributed by atoms with E-state index in [0.29, 0.717) is 24.8 Å². The molecule has 2 fully saturated rings. The van der Waals surface area contributed by atoms with Crippen molar-refractivity contribution < 1.29 is 32.3 Å². The van der Waals surface area contributed by atoms with Gasteiger partial charge in [0, 0.05) is 30.4 Å². The molecule has 0 radical (unpaired) electrons. The fourth-order valence-corrected chi connectivity index (χ4v) is 7.59. The Balaban J connectivity index is 1.63. The van der Waals surface area contributed by atoms with Crippen LogP contribution in [0.5, 0.6) is 0 Å². The predicted molar refractivity (Wildman–Crippen MR) is 188 cm³/mol. The van der Waals surface area contributed by atoms with Gasteiger partial charge in [-0.05, 0) is 95.5 Å². The fourth-order valence-electron chi connectivity index (χ4n) is 7.00. The van der Waals surface area contributed by atoms with Gasteiger partial charge in [-0.15, -0.1) is 0 Å². The Kier molecular flexibility index (Phi) is 12.3. The number of rotatable bonds is 12. The van der Waals surface area contributed by atoms with Crippen molar-refractivity contribution in [2.75, 3.05) is 19.3 Å². The van der Waals surface area contributed by atoms with E-state index in [1.54, 1.807) is 0 Å². The summed E-state index contributed by atoms with van der Waals surface area (Å²) < 4.78 is 37.7. The lowest BCUT2D eigenvalue weighted by molar-refractivity contribution is -0.133. The van der Waals surface area contributed by atoms with E-state index in [9.17, 15) is 32.3 Å². The normalized spacial score (nSPS) is 22.2. The second kappa shape index (κ2) is 15.7. The zero-order valence-corrected chi connectivity index (χ0v) is 30.4. The van der Waals surface area contributed by atoms with Gasteiger partial charge in [0.05, 0.1) is 22.9 Å². The second-order valence-corrected chi connectivity index (χ2v) is 18.0. The van der Waals surface area contributed by atoms with Gasteiger partial charge in [0.15, 0.2) is 9.84 Å². The highest BCUT2D eigenvalue weighted by Gasteiger charge is 2.46. The van der Waals surface area contributed by atoms with Crippen LogP contribution in [0, 0.1) is 17.7 Å². The van der Waals surface area contributed by atoms with E-state index in [0.717, 1.165) is 49.6 Å². The number of sulfone groups is 1. The average molecular weight is 701 g/mol. The molecule has 2 aromatic rings. The highest BCUT2D eigenvalue weighted by atomic mass is 32.2. The summed E-state index contributed by atoms with van der Waals surface area (Å²) in [4.78, 5) is 43.0. The van der Waals surface area contributed by atoms with Crippen molar-refractivity contribution >= 4 is 27.6 Å². The van der Waals surface area contributed by atoms with Crippen LogP contribution in [0.25, 0.3) is 0 Å². The van der Waals surface area contributed by atoms with E-state index in [1.165, 1.54) is 26.0 Å². The van der Waals surface area contributed by atoms with Crippen molar-refractivity contribution in [2.24, 2.45) is 11.8 Å². The summed E-state index contributed by atoms with van der Waals surface area (Å²) in [5.74, 6) is -1.35. The minimum atomic E-state index is -3.91. The third kappa shape index (κ3) is 10.1. The molecule has 0 spiro atoms. The van der Waals surface area contributed by atoms with Crippen LogP contribution in [0.1, 0.15) is 82.6 Å². The molecule has 1 aliphatic heterocycles. The third-order valence-corrected chi connectivity index (χ3v) is 12.3. The average Bonchev–Trinajstić information content (AvgIpc) is 3.02. The maximum atomic E-state index is 14.1. The van der Waals surface area contributed by atoms with E-state index in [-0.39, 0.29) is 24.4 Å². The van der Waals surface area contributed by atoms with Crippen LogP contribution in [0.2, 0.25) is 0 Å². The number of amides is 3. The summed E-state index contributed by atoms with van der Waals surface area (Å²) in [6.45, 7) is 9.26. The van der Waals surface area contributed by atoms with Gasteiger partial charge in [-0.3, -0.25) is 19.3 Å². The summed E-state index contributed by atoms with van der Waals surface area (Å²) in [7, 11) is -3.91. The molecule has 0 bridgehead atoms. The summed E-state index contributed by atoms with van der Waals surface area (Å²) in [6.07, 6.45) is 5.16. The number of nitrogens with zero attached hydrogens (tertiary/aromatic N) is 1. The summed E-state index contributed by atoms with van der Waals surface area (Å²) in [5, 5.41) is 20.5. The number of β-amino-alcohol motifs (C(OH)–C–C–N with tert-alkyl or cyclic N) is 1. The Bertz CT molecular complexity index is 1560. The lowest BCUT2D eigenvalue weighted by Gasteiger charge is -2.47. The van der Waals surface area contributed by atoms with Crippen LogP contribution >= 0.6 is 0 Å². The number of aliphatic hydroxyl groups is 1. The molecule has 6 unspecified atom stereocenters. The Morgan fingerprint density at radius 3 is 2.14 bits per heavy atom. The Labute approximate surface area is 290 Å². The minimum Gasteiger partial charge on any atom is -0.390 e. The Hall–Kier alpha value is -3.35. The van der Waals surface area contributed by atoms with E-state index in [4.69, 9.17) is 0 Å². The fraction of sp³-hybridized carbons (Fsp3) is 0.595. The summed E-state index contributed by atoms with van der Waals surface area (Å²) in [6, 6.07) is 11.1. The van der Waals surface area contributed by atoms with Crippen molar-refractivity contribution in [1.82, 2.24) is 20.9 Å². The zero-order chi connectivity index (χ0) is 36.1. The first-order chi connectivity index (χ1) is 22.9. The molecule has 2 aromatic carbocycles. The number of carbonyl (C=O) groups is 3. The van der Waals surface area contributed by atoms with Crippen molar-refractivity contribution in [3.05, 3.63) is 71.5 Å². The number of halogens is 1. The molecule has 1 saturated carbocycles. The van der Waals surface area contributed by atoms with Crippen molar-refractivity contribution in [3.63, 3.8) is 0 Å². The number of hydrogen-bond acceptors (Lipinski definition) is 7. The lowest BCUT2D eigenvalue weighted by atomic mass is 9.72. The van der Waals surface area contributed by atoms with Gasteiger partial charge in [-0.1, -0.05) is 49.6 Å². The first-order valence-electron chi connectivity index (χ1n) is 17.2. The smallest absolute Gasteiger partial charge is 0.251 e. The van der Waals surface area contributed by atoms with Gasteiger partial charge >= 0.3 is 0 Å². The quantitative estimate of drug-likeness (QED) is 0.265. The molecular formula is C37H53FN4O6S. The molecule has 6 atom stereocenters. The molecule has 49 heavy (non-hydrogen) atoms. The van der Waals surface area contributed by atoms with Crippen molar-refractivity contribution in [3.8, 4) is 0 Å². The number of benzene rings is 2. The molecule has 12 heteroatoms. The second-order valence-electron chi connectivity index (χ2n) is 15.4. The Morgan fingerprint density at radius 1 is 0.939 bits per heavy atom. The topological polar surface area (TPSA) is 145 Å². The molecule has 4 rings (SSSR count). The Morgan fingerprint density at radius 2 is 1.55 bits per heavy atom. The molecule has 1 saturated heterocycles. The molecule has 3 amide bonds. The molecular weight excluding hydrogens is 647 g/mol. The first kappa shape index (κ1) is 38.5. The van der Waals surface area contributed by atoms with Crippen molar-refractivity contribution in [1.29, 1.82) is 0 Å². The van der Waals surface area contributed by atoms with Crippen molar-refractivity contribution in [2.45, 2.75) is 108 Å². The van der Waals surface area contributed by atoms with Gasteiger partial charge in [0.25, 0.3) is 5.91 Å². The summed E-state index contributed by atoms with van der Waals surface area (Å²) in [5.41, 5.74) is 0.443. The number of hydrogen-bond donors (Lipinski definition) is 4. The predicted octanol–water partition coefficient (Wildman–Crippen LogP) is 3.63. The zero-order valence-electron chi connectivity index (χ0n) is 29.5. The number of aliphatic hydroxyl groups excluding tert-OH is 1. The van der Waals surface area contributed by atoms with Gasteiger partial charge in [0.2, 0.25) is 11.8 Å². The van der Waals surface area contributed by atoms with Crippen LogP contribution in [-0.4, -0.2) is 90.0 Å². The number of carbonyl (C=O) groups excluding carboxylic acids is 3. The minimum absolute atomic E-state index is 0.0510. The summed E-state index contributed by atoms with van der Waals surface area (Å²) >= 11 is 0. The van der Waals surface area contributed by atoms with Crippen LogP contribution in [0.3, 0.4) is 0 Å². The van der Waals surface area contributed by atoms with E-state index in [1.807, 2.05) is 56.0 Å². The SMILES string of the molecule is CC(C)(C)NC(=O)C1CC2CCCCC2CN1CC(O)C(Cc1ccccc1)NC(=O)C(NC(=O)c1ccc(F)cc1)C(C)(C)S(C)(=O)=O. The molecule has 0 aromatic heterocycles. The standard InChI is InChI=1S/C37H53FN4O6S/c1-36(2,3)41-34(45)30-21-26-14-10-11-15-27(26)22-42(30)23-31(43)29(20-24-12-8-7-9-13-24)39-35(46)32(37(4,5)49(6,47)48)40-33(44)25-16-18-28(38)19-17-25/h7-9,12-13,16-19,26-27,29-32,43H,10-11,14-15,20-23H2,1-6H3,(H,39,46)(H,40,44)(H,41,45). The van der Waals surface area contributed by atoms with Crippen LogP contribution in [-0.2, 0) is 25.8 Å². The lowest BCUT2D eigenvalue weighted by Crippen LogP contribution is -2.64. The van der Waals surface area contributed by atoms with Gasteiger partial charge in [-0.25, -0.2) is 12.8 Å². The number of fused-ring (bicyclic) bond motifs is 1. The first-order valence-corrected chi connectivity index (χ1v) is 19.1. The third-order valence-electron chi connectivity index (χ3n) is 10.1. The van der Waals surface area contributed by atoms with E-state index in [2.05, 4.69) is 16.0 Å². The molecule has 2 aliphatic rings. The molecule has 1 aliphatic carbocycles. The number of piperidine rings is 1. The number of nitrogens with one attached hydrogen (secondary N) is 3. The largest absolute Gasteiger partial charge is 0.390 e. The highest BCUT2D eigenvalue weighted by Crippen LogP contribution is 2.39. The maximum Gasteiger partial charge on any atom is 0.251 e. The maximum absolute atomic E-state index is 14.1. The molecule has 1 heterocycles. The van der Waals surface area contributed by atoms with Gasteiger partial charge < -0.3 is 21.1 Å². The van der Waals surface area contributed by atoms with Crippen LogP contribution < -0.4 is 16.0 Å². The monoisotopic (exact) mass is 700 g/mol. The van der Waals surface area contributed by atoms with Gasteiger partial charge in [-0.2, -0.15) is 0 Å². The molecule has 270 valence electrons. The highest BCUT2D eigenvalue weighted by molar-refractivity contribution is 7.92. The van der Waals surface area contributed by atoms with E-state index < -0.39 is 62.0 Å².